The van der Waals surface area contributed by atoms with Crippen molar-refractivity contribution in [2.45, 2.75) is 12.7 Å². The Kier molecular flexibility index (Phi) is 7.91. The van der Waals surface area contributed by atoms with Gasteiger partial charge in [0.05, 0.1) is 42.4 Å². The van der Waals surface area contributed by atoms with Crippen molar-refractivity contribution in [1.82, 2.24) is 9.55 Å². The van der Waals surface area contributed by atoms with Crippen LogP contribution in [0.15, 0.2) is 97.5 Å². The average Bonchev–Trinajstić information content (AvgIpc) is 3.34. The Morgan fingerprint density at radius 3 is 2.49 bits per heavy atom. The number of imidazole rings is 1. The first-order chi connectivity index (χ1) is 17.5. The number of nitrogens with zero attached hydrogens (tertiary/aromatic N) is 3. The second-order valence-electron chi connectivity index (χ2n) is 8.55. The number of carboxylic acid groups (broad SMARTS) is 1. The van der Waals surface area contributed by atoms with Gasteiger partial charge in [0.15, 0.2) is 0 Å². The van der Waals surface area contributed by atoms with Gasteiger partial charge in [-0.15, -0.1) is 0 Å². The van der Waals surface area contributed by atoms with E-state index >= 15 is 0 Å². The summed E-state index contributed by atoms with van der Waals surface area (Å²) in [5.41, 5.74) is 5.08. The maximum Gasteiger partial charge on any atom is 1.00 e. The van der Waals surface area contributed by atoms with Crippen molar-refractivity contribution < 1.29 is 33.5 Å². The van der Waals surface area contributed by atoms with Crippen LogP contribution < -0.4 is 24.0 Å². The van der Waals surface area contributed by atoms with Gasteiger partial charge in [-0.05, 0) is 45.2 Å². The summed E-state index contributed by atoms with van der Waals surface area (Å²) in [5, 5.41) is 23.1. The molecule has 1 unspecified atom stereocenters. The normalized spacial score (nSPS) is 11.5. The molecule has 0 aliphatic heterocycles. The fourth-order valence-corrected chi connectivity index (χ4v) is 4.39. The molecule has 37 heavy (non-hydrogen) atoms. The zero-order valence-corrected chi connectivity index (χ0v) is 20.6. The number of benzene rings is 4. The topological polar surface area (TPSA) is 91.0 Å². The van der Waals surface area contributed by atoms with Crippen molar-refractivity contribution in [3.05, 3.63) is 125 Å². The summed E-state index contributed by atoms with van der Waals surface area (Å²) in [6, 6.07) is 28.7. The molecule has 0 saturated heterocycles. The van der Waals surface area contributed by atoms with Crippen molar-refractivity contribution in [3.63, 3.8) is 0 Å². The third-order valence-electron chi connectivity index (χ3n) is 6.28. The van der Waals surface area contributed by atoms with Crippen LogP contribution in [0.1, 0.15) is 38.8 Å². The molecule has 1 aromatic heterocycles. The summed E-state index contributed by atoms with van der Waals surface area (Å²) >= 11 is 0. The van der Waals surface area contributed by atoms with Crippen LogP contribution in [0.3, 0.4) is 0 Å². The molecule has 0 N–H and O–H groups in total. The van der Waals surface area contributed by atoms with Crippen LogP contribution in [0.2, 0.25) is 0 Å². The first-order valence-corrected chi connectivity index (χ1v) is 11.5. The van der Waals surface area contributed by atoms with Crippen LogP contribution >= 0.6 is 0 Å². The summed E-state index contributed by atoms with van der Waals surface area (Å²) in [6.07, 6.45) is 3.02. The van der Waals surface area contributed by atoms with E-state index in [9.17, 15) is 15.2 Å². The number of carbonyl (C=O) groups is 1. The molecule has 6 nitrogen and oxygen atoms in total. The number of aromatic nitrogens is 2. The maximum atomic E-state index is 11.1. The molecule has 4 aromatic carbocycles. The van der Waals surface area contributed by atoms with Gasteiger partial charge < -0.3 is 19.2 Å². The minimum atomic E-state index is -1.21. The van der Waals surface area contributed by atoms with Crippen LogP contribution in [0.25, 0.3) is 21.9 Å². The molecule has 176 valence electrons. The number of rotatable bonds is 7. The standard InChI is InChI=1S/C30H23N3O3.Li/c1-33-19-32-17-28(33)29(36-18-20-9-11-22(12-10-20)30(34)35)23-13-14-24(16-31)27(15-23)26-8-4-6-21-5-2-3-7-25(21)26;/h2-15,17,19,29H,18H2,1H3,(H,34,35);/q;+1/p-1. The zero-order valence-electron chi connectivity index (χ0n) is 20.6. The van der Waals surface area contributed by atoms with E-state index in [0.717, 1.165) is 38.7 Å². The molecule has 5 aromatic rings. The molecular weight excluding hydrogens is 457 g/mol. The second-order valence-corrected chi connectivity index (χ2v) is 8.55. The van der Waals surface area contributed by atoms with Crippen molar-refractivity contribution in [2.24, 2.45) is 7.05 Å². The summed E-state index contributed by atoms with van der Waals surface area (Å²) in [7, 11) is 1.91. The molecule has 0 spiro atoms. The number of hydrogen-bond donors (Lipinski definition) is 0. The van der Waals surface area contributed by atoms with Gasteiger partial charge in [0.1, 0.15) is 6.10 Å². The van der Waals surface area contributed by atoms with Gasteiger partial charge >= 0.3 is 18.9 Å². The maximum absolute atomic E-state index is 11.1. The number of hydrogen-bond acceptors (Lipinski definition) is 5. The van der Waals surface area contributed by atoms with Gasteiger partial charge in [-0.3, -0.25) is 0 Å². The minimum absolute atomic E-state index is 0. The Balaban J connectivity index is 0.00000320. The third kappa shape index (κ3) is 5.35. The van der Waals surface area contributed by atoms with E-state index in [-0.39, 0.29) is 31.0 Å². The van der Waals surface area contributed by atoms with E-state index in [0.29, 0.717) is 5.56 Å². The van der Waals surface area contributed by atoms with Crippen molar-refractivity contribution >= 4 is 16.7 Å². The summed E-state index contributed by atoms with van der Waals surface area (Å²) in [6.45, 7) is 0.257. The van der Waals surface area contributed by atoms with E-state index in [4.69, 9.17) is 4.74 Å². The predicted octanol–water partition coefficient (Wildman–Crippen LogP) is 1.79. The van der Waals surface area contributed by atoms with Gasteiger partial charge in [0.25, 0.3) is 0 Å². The summed E-state index contributed by atoms with van der Waals surface area (Å²) in [5.74, 6) is -1.21. The molecule has 0 fully saturated rings. The Hall–Kier alpha value is -4.13. The van der Waals surface area contributed by atoms with Crippen LogP contribution in [0, 0.1) is 11.3 Å². The van der Waals surface area contributed by atoms with Gasteiger partial charge in [0, 0.05) is 12.6 Å². The van der Waals surface area contributed by atoms with Crippen molar-refractivity contribution in [3.8, 4) is 17.2 Å². The Labute approximate surface area is 227 Å². The van der Waals surface area contributed by atoms with Crippen LogP contribution in [0.5, 0.6) is 0 Å². The minimum Gasteiger partial charge on any atom is -0.545 e. The molecule has 0 amide bonds. The molecule has 0 radical (unpaired) electrons. The number of ether oxygens (including phenoxy) is 1. The number of fused-ring (bicyclic) bond motifs is 1. The van der Waals surface area contributed by atoms with Crippen LogP contribution in [-0.2, 0) is 18.4 Å². The fourth-order valence-electron chi connectivity index (χ4n) is 4.39. The molecule has 5 rings (SSSR count). The molecule has 1 heterocycles. The summed E-state index contributed by atoms with van der Waals surface area (Å²) in [4.78, 5) is 15.3. The molecule has 1 atom stereocenters. The smallest absolute Gasteiger partial charge is 0.545 e. The molecule has 7 heteroatoms. The van der Waals surface area contributed by atoms with E-state index in [1.807, 2.05) is 54.1 Å². The van der Waals surface area contributed by atoms with Crippen LogP contribution in [0.4, 0.5) is 0 Å². The second kappa shape index (κ2) is 11.3. The van der Waals surface area contributed by atoms with E-state index in [2.05, 4.69) is 29.3 Å². The Morgan fingerprint density at radius 1 is 1.03 bits per heavy atom. The number of carbonyl (C=O) groups excluding carboxylic acids is 1. The van der Waals surface area contributed by atoms with Gasteiger partial charge in [-0.2, -0.15) is 5.26 Å². The number of nitriles is 1. The number of aryl methyl sites for hydroxylation is 1. The van der Waals surface area contributed by atoms with E-state index in [1.165, 1.54) is 12.1 Å². The van der Waals surface area contributed by atoms with E-state index in [1.54, 1.807) is 24.7 Å². The van der Waals surface area contributed by atoms with Gasteiger partial charge in [0.2, 0.25) is 0 Å². The van der Waals surface area contributed by atoms with Crippen molar-refractivity contribution in [2.75, 3.05) is 0 Å². The monoisotopic (exact) mass is 479 g/mol. The van der Waals surface area contributed by atoms with Crippen LogP contribution in [-0.4, -0.2) is 15.5 Å². The molecule has 0 saturated carbocycles. The van der Waals surface area contributed by atoms with E-state index < -0.39 is 12.1 Å². The number of carboxylic acids is 1. The van der Waals surface area contributed by atoms with Gasteiger partial charge in [-0.1, -0.05) is 72.8 Å². The fraction of sp³-hybridized carbons (Fsp3) is 0.100. The molecule has 0 aliphatic rings. The first kappa shape index (κ1) is 25.9. The molecule has 0 aliphatic carbocycles. The largest absolute Gasteiger partial charge is 1.00 e. The quantitative estimate of drug-likeness (QED) is 0.332. The number of aromatic carboxylic acids is 1. The molecular formula is C30H22LiN3O3. The Morgan fingerprint density at radius 2 is 1.78 bits per heavy atom. The first-order valence-electron chi connectivity index (χ1n) is 11.5. The predicted molar refractivity (Wildman–Crippen MR) is 135 cm³/mol. The zero-order chi connectivity index (χ0) is 25.1. The molecule has 0 bridgehead atoms. The summed E-state index contributed by atoms with van der Waals surface area (Å²) < 4.78 is 8.29. The van der Waals surface area contributed by atoms with Gasteiger partial charge in [-0.25, -0.2) is 4.98 Å². The van der Waals surface area contributed by atoms with Crippen molar-refractivity contribution in [1.29, 1.82) is 5.26 Å². The third-order valence-corrected chi connectivity index (χ3v) is 6.28. The average molecular weight is 479 g/mol. The Bertz CT molecular complexity index is 1600. The SMILES string of the molecule is Cn1cncc1C(OCc1ccc(C(=O)[O-])cc1)c1ccc(C#N)c(-c2cccc3ccccc23)c1.[Li+].